The Morgan fingerprint density at radius 2 is 1.57 bits per heavy atom. The summed E-state index contributed by atoms with van der Waals surface area (Å²) in [6.07, 6.45) is 1.14. The van der Waals surface area contributed by atoms with Crippen LogP contribution in [0, 0.1) is 25.7 Å². The molecular weight excluding hydrogens is 372 g/mol. The second-order valence-electron chi connectivity index (χ2n) is 8.09. The SMILES string of the molecule is Cc1ccc(S(=O)(=O)Nc2ccc(C(=O)N3CC(C)CC(C)C3)cc2)cc1C. The highest BCUT2D eigenvalue weighted by atomic mass is 32.2. The number of piperidine rings is 1. The molecule has 0 aliphatic carbocycles. The van der Waals surface area contributed by atoms with Crippen molar-refractivity contribution in [2.75, 3.05) is 17.8 Å². The number of anilines is 1. The summed E-state index contributed by atoms with van der Waals surface area (Å²) in [4.78, 5) is 14.9. The quantitative estimate of drug-likeness (QED) is 0.835. The molecule has 1 aliphatic heterocycles. The second kappa shape index (κ2) is 7.95. The molecule has 0 spiro atoms. The zero-order valence-corrected chi connectivity index (χ0v) is 17.7. The Kier molecular flexibility index (Phi) is 5.79. The van der Waals surface area contributed by atoms with Crippen molar-refractivity contribution in [2.45, 2.75) is 39.0 Å². The number of rotatable bonds is 4. The summed E-state index contributed by atoms with van der Waals surface area (Å²) < 4.78 is 27.8. The summed E-state index contributed by atoms with van der Waals surface area (Å²) in [7, 11) is -3.67. The van der Waals surface area contributed by atoms with E-state index in [-0.39, 0.29) is 10.8 Å². The molecule has 1 amide bonds. The Bertz CT molecular complexity index is 958. The molecule has 6 heteroatoms. The van der Waals surface area contributed by atoms with E-state index in [0.717, 1.165) is 30.6 Å². The zero-order chi connectivity index (χ0) is 20.5. The number of nitrogens with zero attached hydrogens (tertiary/aromatic N) is 1. The third kappa shape index (κ3) is 4.55. The number of nitrogens with one attached hydrogen (secondary N) is 1. The zero-order valence-electron chi connectivity index (χ0n) is 16.9. The summed E-state index contributed by atoms with van der Waals surface area (Å²) in [6.45, 7) is 9.70. The number of sulfonamides is 1. The minimum Gasteiger partial charge on any atom is -0.338 e. The molecule has 1 N–H and O–H groups in total. The second-order valence-corrected chi connectivity index (χ2v) is 9.77. The summed E-state index contributed by atoms with van der Waals surface area (Å²) in [5.74, 6) is 0.996. The Hall–Kier alpha value is -2.34. The maximum absolute atomic E-state index is 12.8. The monoisotopic (exact) mass is 400 g/mol. The fourth-order valence-corrected chi connectivity index (χ4v) is 4.93. The van der Waals surface area contributed by atoms with Crippen LogP contribution < -0.4 is 4.72 Å². The molecule has 3 rings (SSSR count). The van der Waals surface area contributed by atoms with Gasteiger partial charge in [0, 0.05) is 24.3 Å². The highest BCUT2D eigenvalue weighted by molar-refractivity contribution is 7.92. The van der Waals surface area contributed by atoms with Gasteiger partial charge >= 0.3 is 0 Å². The van der Waals surface area contributed by atoms with Crippen LogP contribution in [0.2, 0.25) is 0 Å². The third-order valence-electron chi connectivity index (χ3n) is 5.33. The maximum atomic E-state index is 12.8. The number of carbonyl (C=O) groups is 1. The number of aryl methyl sites for hydroxylation is 2. The van der Waals surface area contributed by atoms with Gasteiger partial charge in [0.25, 0.3) is 15.9 Å². The predicted octanol–water partition coefficient (Wildman–Crippen LogP) is 4.22. The van der Waals surface area contributed by atoms with Gasteiger partial charge in [-0.1, -0.05) is 19.9 Å². The van der Waals surface area contributed by atoms with Gasteiger partial charge in [-0.25, -0.2) is 8.42 Å². The summed E-state index contributed by atoms with van der Waals surface area (Å²) >= 11 is 0. The number of hydrogen-bond donors (Lipinski definition) is 1. The van der Waals surface area contributed by atoms with Gasteiger partial charge in [0.2, 0.25) is 0 Å². The smallest absolute Gasteiger partial charge is 0.261 e. The van der Waals surface area contributed by atoms with Crippen molar-refractivity contribution in [3.05, 3.63) is 59.2 Å². The van der Waals surface area contributed by atoms with Gasteiger partial charge in [0.05, 0.1) is 4.90 Å². The lowest BCUT2D eigenvalue weighted by atomic mass is 9.91. The molecule has 1 saturated heterocycles. The molecule has 0 bridgehead atoms. The number of amides is 1. The van der Waals surface area contributed by atoms with E-state index >= 15 is 0 Å². The highest BCUT2D eigenvalue weighted by Crippen LogP contribution is 2.24. The van der Waals surface area contributed by atoms with Gasteiger partial charge in [-0.3, -0.25) is 9.52 Å². The molecule has 1 heterocycles. The normalized spacial score (nSPS) is 20.1. The van der Waals surface area contributed by atoms with Gasteiger partial charge in [-0.15, -0.1) is 0 Å². The van der Waals surface area contributed by atoms with Crippen LogP contribution in [0.4, 0.5) is 5.69 Å². The summed E-state index contributed by atoms with van der Waals surface area (Å²) in [5, 5.41) is 0. The average molecular weight is 401 g/mol. The largest absolute Gasteiger partial charge is 0.338 e. The Morgan fingerprint density at radius 1 is 0.964 bits per heavy atom. The first-order valence-electron chi connectivity index (χ1n) is 9.65. The van der Waals surface area contributed by atoms with E-state index in [2.05, 4.69) is 18.6 Å². The van der Waals surface area contributed by atoms with Crippen LogP contribution >= 0.6 is 0 Å². The summed E-state index contributed by atoms with van der Waals surface area (Å²) in [6, 6.07) is 11.7. The molecule has 150 valence electrons. The fourth-order valence-electron chi connectivity index (χ4n) is 3.79. The van der Waals surface area contributed by atoms with E-state index in [1.807, 2.05) is 18.7 Å². The molecule has 0 saturated carbocycles. The van der Waals surface area contributed by atoms with Gasteiger partial charge in [-0.2, -0.15) is 0 Å². The van der Waals surface area contributed by atoms with Crippen LogP contribution in [-0.2, 0) is 10.0 Å². The van der Waals surface area contributed by atoms with Crippen molar-refractivity contribution >= 4 is 21.6 Å². The Balaban J connectivity index is 1.73. The third-order valence-corrected chi connectivity index (χ3v) is 6.71. The Morgan fingerprint density at radius 3 is 2.14 bits per heavy atom. The van der Waals surface area contributed by atoms with Crippen molar-refractivity contribution in [1.29, 1.82) is 0 Å². The maximum Gasteiger partial charge on any atom is 0.261 e. The lowest BCUT2D eigenvalue weighted by Gasteiger charge is -2.35. The first kappa shape index (κ1) is 20.4. The van der Waals surface area contributed by atoms with Gasteiger partial charge in [0.15, 0.2) is 0 Å². The molecule has 1 fully saturated rings. The molecule has 5 nitrogen and oxygen atoms in total. The molecule has 2 aromatic carbocycles. The van der Waals surface area contributed by atoms with Crippen LogP contribution in [-0.4, -0.2) is 32.3 Å². The molecule has 28 heavy (non-hydrogen) atoms. The molecule has 2 atom stereocenters. The number of hydrogen-bond acceptors (Lipinski definition) is 3. The van der Waals surface area contributed by atoms with Crippen LogP contribution in [0.5, 0.6) is 0 Å². The van der Waals surface area contributed by atoms with Gasteiger partial charge < -0.3 is 4.90 Å². The van der Waals surface area contributed by atoms with E-state index in [0.29, 0.717) is 23.1 Å². The molecule has 2 aromatic rings. The number of benzene rings is 2. The van der Waals surface area contributed by atoms with E-state index in [1.165, 1.54) is 0 Å². The van der Waals surface area contributed by atoms with Crippen molar-refractivity contribution < 1.29 is 13.2 Å². The first-order chi connectivity index (χ1) is 13.2. The molecule has 0 aromatic heterocycles. The lowest BCUT2D eigenvalue weighted by molar-refractivity contribution is 0.0623. The van der Waals surface area contributed by atoms with Crippen molar-refractivity contribution in [3.63, 3.8) is 0 Å². The Labute approximate surface area is 167 Å². The lowest BCUT2D eigenvalue weighted by Crippen LogP contribution is -2.42. The predicted molar refractivity (Wildman–Crippen MR) is 112 cm³/mol. The van der Waals surface area contributed by atoms with Crippen LogP contribution in [0.25, 0.3) is 0 Å². The molecule has 0 radical (unpaired) electrons. The molecule has 1 aliphatic rings. The van der Waals surface area contributed by atoms with E-state index in [9.17, 15) is 13.2 Å². The number of carbonyl (C=O) groups excluding carboxylic acids is 1. The van der Waals surface area contributed by atoms with Crippen molar-refractivity contribution in [3.8, 4) is 0 Å². The minimum absolute atomic E-state index is 0.00182. The average Bonchev–Trinajstić information content (AvgIpc) is 2.63. The highest BCUT2D eigenvalue weighted by Gasteiger charge is 2.26. The number of likely N-dealkylation sites (tertiary alicyclic amines) is 1. The van der Waals surface area contributed by atoms with Crippen LogP contribution in [0.3, 0.4) is 0 Å². The van der Waals surface area contributed by atoms with Crippen molar-refractivity contribution in [1.82, 2.24) is 4.90 Å². The van der Waals surface area contributed by atoms with Gasteiger partial charge in [0.1, 0.15) is 0 Å². The van der Waals surface area contributed by atoms with Crippen LogP contribution in [0.1, 0.15) is 41.8 Å². The van der Waals surface area contributed by atoms with E-state index in [1.54, 1.807) is 42.5 Å². The standard InChI is InChI=1S/C22H28N2O3S/c1-15-11-16(2)14-24(13-15)22(25)19-6-8-20(9-7-19)23-28(26,27)21-10-5-17(3)18(4)12-21/h5-10,12,15-16,23H,11,13-14H2,1-4H3. The topological polar surface area (TPSA) is 66.5 Å². The van der Waals surface area contributed by atoms with Crippen LogP contribution in [0.15, 0.2) is 47.4 Å². The minimum atomic E-state index is -3.67. The summed E-state index contributed by atoms with van der Waals surface area (Å²) in [5.41, 5.74) is 2.99. The van der Waals surface area contributed by atoms with Crippen molar-refractivity contribution in [2.24, 2.45) is 11.8 Å². The van der Waals surface area contributed by atoms with E-state index in [4.69, 9.17) is 0 Å². The molecular formula is C22H28N2O3S. The van der Waals surface area contributed by atoms with E-state index < -0.39 is 10.0 Å². The first-order valence-corrected chi connectivity index (χ1v) is 11.1. The fraction of sp³-hybridized carbons (Fsp3) is 0.409. The molecule has 2 unspecified atom stereocenters. The van der Waals surface area contributed by atoms with Gasteiger partial charge in [-0.05, 0) is 79.6 Å².